The average molecular weight is 870 g/mol. The van der Waals surface area contributed by atoms with E-state index in [-0.39, 0.29) is 23.1 Å². The summed E-state index contributed by atoms with van der Waals surface area (Å²) in [6.45, 7) is 23.2. The first kappa shape index (κ1) is 42.6. The fourth-order valence-electron chi connectivity index (χ4n) is 10.8. The van der Waals surface area contributed by atoms with Gasteiger partial charge in [-0.2, -0.15) is 0 Å². The van der Waals surface area contributed by atoms with Crippen LogP contribution in [0.2, 0.25) is 0 Å². The Morgan fingerprint density at radius 1 is 0.448 bits per heavy atom. The van der Waals surface area contributed by atoms with Gasteiger partial charge in [-0.05, 0) is 134 Å². The monoisotopic (exact) mass is 869 g/mol. The Morgan fingerprint density at radius 3 is 1.61 bits per heavy atom. The van der Waals surface area contributed by atoms with Gasteiger partial charge in [-0.15, -0.1) is 0 Å². The molecule has 4 heteroatoms. The van der Waals surface area contributed by atoms with Crippen LogP contribution in [0.25, 0.3) is 44.4 Å². The van der Waals surface area contributed by atoms with Gasteiger partial charge >= 0.3 is 6.85 Å². The fourth-order valence-corrected chi connectivity index (χ4v) is 10.8. The van der Waals surface area contributed by atoms with Crippen molar-refractivity contribution in [3.63, 3.8) is 0 Å². The highest BCUT2D eigenvalue weighted by Crippen LogP contribution is 2.53. The van der Waals surface area contributed by atoms with Crippen LogP contribution in [0.1, 0.15) is 84.6 Å². The quantitative estimate of drug-likeness (QED) is 0.154. The van der Waals surface area contributed by atoms with Crippen molar-refractivity contribution in [3.05, 3.63) is 204 Å². The molecule has 0 aliphatic carbocycles. The fraction of sp³-hybridized carbons (Fsp3) is 0.206. The Balaban J connectivity index is 1.35. The Bertz CT molecular complexity index is 3300. The molecule has 0 fully saturated rings. The maximum absolute atomic E-state index is 2.76. The summed E-state index contributed by atoms with van der Waals surface area (Å²) in [5.41, 5.74) is 23.5. The van der Waals surface area contributed by atoms with Crippen LogP contribution in [0.15, 0.2) is 182 Å². The summed E-state index contributed by atoms with van der Waals surface area (Å²) < 4.78 is 2.76. The highest BCUT2D eigenvalue weighted by Gasteiger charge is 2.45. The molecule has 1 aromatic heterocycles. The van der Waals surface area contributed by atoms with Crippen molar-refractivity contribution >= 4 is 62.8 Å². The predicted octanol–water partition coefficient (Wildman–Crippen LogP) is 16.1. The number of hydrogen-bond donors (Lipinski definition) is 0. The maximum Gasteiger partial charge on any atom is 0.333 e. The number of benzene rings is 8. The van der Waals surface area contributed by atoms with Crippen molar-refractivity contribution in [1.82, 2.24) is 4.48 Å². The average Bonchev–Trinajstić information content (AvgIpc) is 3.65. The normalized spacial score (nSPS) is 13.2. The molecule has 0 bridgehead atoms. The largest absolute Gasteiger partial charge is 0.375 e. The molecule has 3 heterocycles. The zero-order valence-electron chi connectivity index (χ0n) is 40.7. The lowest BCUT2D eigenvalue weighted by Gasteiger charge is -2.42. The number of aromatic nitrogens is 1. The van der Waals surface area contributed by atoms with Gasteiger partial charge in [0.1, 0.15) is 0 Å². The van der Waals surface area contributed by atoms with E-state index in [1.54, 1.807) is 0 Å². The minimum atomic E-state index is -0.128. The molecule has 0 spiro atoms. The second-order valence-electron chi connectivity index (χ2n) is 21.9. The van der Waals surface area contributed by atoms with Crippen LogP contribution in [-0.2, 0) is 16.2 Å². The molecular formula is C63H60BN3. The van der Waals surface area contributed by atoms with Crippen LogP contribution >= 0.6 is 0 Å². The van der Waals surface area contributed by atoms with Gasteiger partial charge in [-0.25, -0.2) is 0 Å². The zero-order chi connectivity index (χ0) is 46.6. The van der Waals surface area contributed by atoms with Gasteiger partial charge in [0, 0.05) is 61.8 Å². The number of aryl methyl sites for hydroxylation is 1. The van der Waals surface area contributed by atoms with Gasteiger partial charge in [0.2, 0.25) is 0 Å². The Morgan fingerprint density at radius 2 is 1.01 bits per heavy atom. The molecule has 8 aromatic carbocycles. The summed E-state index contributed by atoms with van der Waals surface area (Å²) in [5.74, 6) is 0. The number of hydrogen-bond acceptors (Lipinski definition) is 2. The van der Waals surface area contributed by atoms with Crippen LogP contribution in [0.4, 0.5) is 34.1 Å². The molecule has 9 aromatic rings. The van der Waals surface area contributed by atoms with Crippen molar-refractivity contribution in [1.29, 1.82) is 0 Å². The van der Waals surface area contributed by atoms with E-state index in [0.717, 1.165) is 17.1 Å². The van der Waals surface area contributed by atoms with Crippen molar-refractivity contribution < 1.29 is 0 Å². The highest BCUT2D eigenvalue weighted by molar-refractivity contribution is 6.90. The molecule has 2 aliphatic rings. The van der Waals surface area contributed by atoms with E-state index < -0.39 is 0 Å². The van der Waals surface area contributed by atoms with E-state index in [9.17, 15) is 0 Å². The molecule has 0 atom stereocenters. The Kier molecular flexibility index (Phi) is 9.87. The molecule has 2 aliphatic heterocycles. The summed E-state index contributed by atoms with van der Waals surface area (Å²) in [6.07, 6.45) is 0. The van der Waals surface area contributed by atoms with Crippen molar-refractivity contribution in [2.75, 3.05) is 9.80 Å². The third-order valence-corrected chi connectivity index (χ3v) is 14.3. The number of anilines is 6. The zero-order valence-corrected chi connectivity index (χ0v) is 40.7. The standard InChI is InChI=1S/C63H60BN3/c1-41-22-20-21-29-50(41)57-53-40-49(65(46-25-16-12-17-26-46)47-27-18-13-19-28-47)39-52-51-36-45(63(8,9)10)38-56-58(51)64(67(60(52)53)59(57)42-23-14-11-15-24-42)54-37-44(62(5,6)7)32-35-55(54)66(56)48-33-30-43(31-34-48)61(2,3)4/h11-40H,1-10H3. The van der Waals surface area contributed by atoms with Gasteiger partial charge < -0.3 is 14.3 Å². The third-order valence-electron chi connectivity index (χ3n) is 14.3. The van der Waals surface area contributed by atoms with Crippen LogP contribution in [0, 0.1) is 6.92 Å². The van der Waals surface area contributed by atoms with Gasteiger partial charge in [-0.1, -0.05) is 184 Å². The number of nitrogens with zero attached hydrogens (tertiary/aromatic N) is 3. The van der Waals surface area contributed by atoms with Crippen molar-refractivity contribution in [3.8, 4) is 33.5 Å². The van der Waals surface area contributed by atoms with Crippen LogP contribution in [0.5, 0.6) is 0 Å². The summed E-state index contributed by atoms with van der Waals surface area (Å²) in [6, 6.07) is 68.7. The second kappa shape index (κ2) is 15.5. The van der Waals surface area contributed by atoms with Gasteiger partial charge in [0.15, 0.2) is 0 Å². The van der Waals surface area contributed by atoms with Gasteiger partial charge in [0.05, 0.1) is 0 Å². The first-order valence-electron chi connectivity index (χ1n) is 24.1. The van der Waals surface area contributed by atoms with Crippen LogP contribution in [0.3, 0.4) is 0 Å². The lowest BCUT2D eigenvalue weighted by atomic mass is 9.44. The topological polar surface area (TPSA) is 11.4 Å². The number of fused-ring (bicyclic) bond motifs is 4. The molecule has 0 saturated carbocycles. The number of para-hydroxylation sites is 2. The molecule has 67 heavy (non-hydrogen) atoms. The number of rotatable bonds is 6. The molecule has 0 unspecified atom stereocenters. The maximum atomic E-state index is 2.76. The molecular weight excluding hydrogens is 810 g/mol. The first-order chi connectivity index (χ1) is 32.1. The summed E-state index contributed by atoms with van der Waals surface area (Å²) >= 11 is 0. The lowest BCUT2D eigenvalue weighted by Crippen LogP contribution is -2.57. The minimum absolute atomic E-state index is 0.0353. The van der Waals surface area contributed by atoms with Gasteiger partial charge in [0.25, 0.3) is 0 Å². The lowest BCUT2D eigenvalue weighted by molar-refractivity contribution is 0.590. The first-order valence-corrected chi connectivity index (χ1v) is 24.1. The van der Waals surface area contributed by atoms with E-state index in [4.69, 9.17) is 0 Å². The van der Waals surface area contributed by atoms with E-state index in [1.165, 1.54) is 94.7 Å². The van der Waals surface area contributed by atoms with E-state index in [0.29, 0.717) is 0 Å². The Labute approximate surface area is 398 Å². The SMILES string of the molecule is Cc1ccccc1-c1c(-c2ccccc2)n2c3c(cc(N(c4ccccc4)c4ccccc4)cc13)-c1cc(C(C)(C)C)cc3c1B2c1cc(C(C)(C)C)ccc1N3c1ccc(C(C)(C)C)cc1. The second-order valence-corrected chi connectivity index (χ2v) is 21.9. The predicted molar refractivity (Wildman–Crippen MR) is 289 cm³/mol. The molecule has 0 N–H and O–H groups in total. The molecule has 11 rings (SSSR count). The van der Waals surface area contributed by atoms with E-state index in [2.05, 4.69) is 266 Å². The summed E-state index contributed by atoms with van der Waals surface area (Å²) in [5, 5.41) is 1.25. The van der Waals surface area contributed by atoms with Crippen LogP contribution < -0.4 is 20.7 Å². The third kappa shape index (κ3) is 7.03. The minimum Gasteiger partial charge on any atom is -0.375 e. The molecule has 330 valence electrons. The molecule has 3 nitrogen and oxygen atoms in total. The summed E-state index contributed by atoms with van der Waals surface area (Å²) in [4.78, 5) is 5.02. The van der Waals surface area contributed by atoms with Crippen molar-refractivity contribution in [2.24, 2.45) is 0 Å². The van der Waals surface area contributed by atoms with Crippen molar-refractivity contribution in [2.45, 2.75) is 85.5 Å². The summed E-state index contributed by atoms with van der Waals surface area (Å²) in [7, 11) is 0. The van der Waals surface area contributed by atoms with E-state index in [1.807, 2.05) is 0 Å². The smallest absolute Gasteiger partial charge is 0.333 e. The molecule has 0 saturated heterocycles. The van der Waals surface area contributed by atoms with Gasteiger partial charge in [-0.3, -0.25) is 0 Å². The van der Waals surface area contributed by atoms with E-state index >= 15 is 0 Å². The molecule has 0 radical (unpaired) electrons. The molecule has 0 amide bonds. The highest BCUT2D eigenvalue weighted by atomic mass is 15.2. The van der Waals surface area contributed by atoms with Crippen LogP contribution in [-0.4, -0.2) is 11.3 Å². The Hall–Kier alpha value is -7.04.